The topological polar surface area (TPSA) is 99.9 Å². The summed E-state index contributed by atoms with van der Waals surface area (Å²) in [6, 6.07) is 8.27. The third kappa shape index (κ3) is 4.49. The van der Waals surface area contributed by atoms with Crippen LogP contribution in [0.25, 0.3) is 11.3 Å². The predicted octanol–water partition coefficient (Wildman–Crippen LogP) is 5.97. The molecule has 0 saturated heterocycles. The fourth-order valence-electron chi connectivity index (χ4n) is 2.60. The van der Waals surface area contributed by atoms with Gasteiger partial charge in [0.25, 0.3) is 0 Å². The van der Waals surface area contributed by atoms with Crippen LogP contribution >= 0.6 is 55.1 Å². The van der Waals surface area contributed by atoms with Crippen molar-refractivity contribution < 1.29 is 18.9 Å². The molecule has 0 bridgehead atoms. The van der Waals surface area contributed by atoms with Crippen LogP contribution in [0, 0.1) is 6.92 Å². The van der Waals surface area contributed by atoms with Gasteiger partial charge in [0, 0.05) is 11.1 Å². The summed E-state index contributed by atoms with van der Waals surface area (Å²) in [6.07, 6.45) is 0. The molecule has 0 radical (unpaired) electrons. The Labute approximate surface area is 198 Å². The Balaban J connectivity index is 1.92. The zero-order valence-electron chi connectivity index (χ0n) is 15.5. The Morgan fingerprint density at radius 3 is 2.37 bits per heavy atom. The van der Waals surface area contributed by atoms with Crippen LogP contribution in [-0.4, -0.2) is 24.1 Å². The number of amidine groups is 1. The lowest BCUT2D eigenvalue weighted by Crippen LogP contribution is -2.16. The van der Waals surface area contributed by atoms with Gasteiger partial charge >= 0.3 is 5.97 Å². The van der Waals surface area contributed by atoms with E-state index in [1.54, 1.807) is 37.3 Å². The number of ether oxygens (including phenoxy) is 1. The molecule has 0 spiro atoms. The van der Waals surface area contributed by atoms with Gasteiger partial charge in [0.15, 0.2) is 5.84 Å². The standard InChI is InChI=1S/C19H13Br2Cl2N3O4/c1-8-14(16(25-29-8)15-12(22)4-3-5-13(15)23)19(27)30-26-18(24)9-6-10(20)17(28-2)11(21)7-9/h3-7H,1-2H3,(H2,24,26). The first kappa shape index (κ1) is 22.6. The van der Waals surface area contributed by atoms with Crippen LogP contribution in [-0.2, 0) is 4.84 Å². The lowest BCUT2D eigenvalue weighted by Gasteiger charge is -2.09. The number of methoxy groups -OCH3 is 1. The van der Waals surface area contributed by atoms with Crippen LogP contribution in [0.2, 0.25) is 10.0 Å². The van der Waals surface area contributed by atoms with Crippen molar-refractivity contribution in [2.24, 2.45) is 10.9 Å². The van der Waals surface area contributed by atoms with E-state index in [4.69, 9.17) is 43.0 Å². The fourth-order valence-corrected chi connectivity index (χ4v) is 4.69. The molecule has 0 saturated carbocycles. The van der Waals surface area contributed by atoms with Crippen molar-refractivity contribution in [2.45, 2.75) is 6.92 Å². The molecule has 0 fully saturated rings. The van der Waals surface area contributed by atoms with E-state index in [0.717, 1.165) is 0 Å². The number of rotatable bonds is 5. The Hall–Kier alpha value is -2.07. The predicted molar refractivity (Wildman–Crippen MR) is 121 cm³/mol. The molecular weight excluding hydrogens is 565 g/mol. The summed E-state index contributed by atoms with van der Waals surface area (Å²) in [4.78, 5) is 17.7. The SMILES string of the molecule is COc1c(Br)cc(/C(N)=N/OC(=O)c2c(-c3c(Cl)cccc3Cl)noc2C)cc1Br. The summed E-state index contributed by atoms with van der Waals surface area (Å²) < 4.78 is 11.7. The number of halogens is 4. The normalized spacial score (nSPS) is 11.5. The molecule has 0 amide bonds. The maximum atomic E-state index is 12.7. The first-order valence-electron chi connectivity index (χ1n) is 8.23. The average Bonchev–Trinajstić information content (AvgIpc) is 3.06. The number of hydrogen-bond acceptors (Lipinski definition) is 6. The molecule has 1 heterocycles. The summed E-state index contributed by atoms with van der Waals surface area (Å²) >= 11 is 19.2. The van der Waals surface area contributed by atoms with Gasteiger partial charge in [0.05, 0.1) is 26.1 Å². The number of oxime groups is 1. The van der Waals surface area contributed by atoms with Crippen LogP contribution < -0.4 is 10.5 Å². The molecule has 2 N–H and O–H groups in total. The van der Waals surface area contributed by atoms with Gasteiger partial charge in [-0.25, -0.2) is 4.79 Å². The van der Waals surface area contributed by atoms with E-state index in [-0.39, 0.29) is 22.9 Å². The third-order valence-corrected chi connectivity index (χ3v) is 5.80. The maximum absolute atomic E-state index is 12.7. The van der Waals surface area contributed by atoms with E-state index in [1.165, 1.54) is 7.11 Å². The Bertz CT molecular complexity index is 1120. The summed E-state index contributed by atoms with van der Waals surface area (Å²) in [7, 11) is 1.54. The first-order chi connectivity index (χ1) is 14.2. The summed E-state index contributed by atoms with van der Waals surface area (Å²) in [5.74, 6) is -0.0484. The number of hydrogen-bond donors (Lipinski definition) is 1. The van der Waals surface area contributed by atoms with Crippen molar-refractivity contribution in [3.05, 3.63) is 66.2 Å². The lowest BCUT2D eigenvalue weighted by atomic mass is 10.1. The van der Waals surface area contributed by atoms with Gasteiger partial charge in [-0.2, -0.15) is 0 Å². The minimum atomic E-state index is -0.825. The molecule has 0 aliphatic rings. The highest BCUT2D eigenvalue weighted by molar-refractivity contribution is 9.11. The van der Waals surface area contributed by atoms with Crippen LogP contribution in [0.4, 0.5) is 0 Å². The van der Waals surface area contributed by atoms with Crippen LogP contribution in [0.1, 0.15) is 21.7 Å². The molecule has 0 atom stereocenters. The van der Waals surface area contributed by atoms with E-state index >= 15 is 0 Å². The van der Waals surface area contributed by atoms with Crippen LogP contribution in [0.3, 0.4) is 0 Å². The van der Waals surface area contributed by atoms with E-state index < -0.39 is 5.97 Å². The van der Waals surface area contributed by atoms with Crippen molar-refractivity contribution in [1.82, 2.24) is 5.16 Å². The zero-order chi connectivity index (χ0) is 22.0. The third-order valence-electron chi connectivity index (χ3n) is 3.99. The average molecular weight is 578 g/mol. The number of aryl methyl sites for hydroxylation is 1. The molecule has 0 unspecified atom stereocenters. The maximum Gasteiger partial charge on any atom is 0.371 e. The summed E-state index contributed by atoms with van der Waals surface area (Å²) in [5, 5.41) is 8.25. The van der Waals surface area contributed by atoms with Gasteiger partial charge in [0.1, 0.15) is 22.8 Å². The van der Waals surface area contributed by atoms with Gasteiger partial charge in [-0.15, -0.1) is 0 Å². The highest BCUT2D eigenvalue weighted by atomic mass is 79.9. The molecular formula is C19H13Br2Cl2N3O4. The first-order valence-corrected chi connectivity index (χ1v) is 10.6. The summed E-state index contributed by atoms with van der Waals surface area (Å²) in [6.45, 7) is 1.56. The molecule has 156 valence electrons. The second kappa shape index (κ2) is 9.38. The van der Waals surface area contributed by atoms with Gasteiger partial charge in [0.2, 0.25) is 0 Å². The number of nitrogens with zero attached hydrogens (tertiary/aromatic N) is 2. The highest BCUT2D eigenvalue weighted by Gasteiger charge is 2.26. The Morgan fingerprint density at radius 1 is 1.20 bits per heavy atom. The monoisotopic (exact) mass is 575 g/mol. The minimum Gasteiger partial charge on any atom is -0.494 e. The quantitative estimate of drug-likeness (QED) is 0.174. The van der Waals surface area contributed by atoms with Crippen molar-refractivity contribution in [3.8, 4) is 17.0 Å². The molecule has 3 aromatic rings. The highest BCUT2D eigenvalue weighted by Crippen LogP contribution is 2.37. The van der Waals surface area contributed by atoms with Crippen LogP contribution in [0.5, 0.6) is 5.75 Å². The molecule has 30 heavy (non-hydrogen) atoms. The number of benzene rings is 2. The number of carbonyl (C=O) groups excluding carboxylic acids is 1. The van der Waals surface area contributed by atoms with Crippen molar-refractivity contribution >= 4 is 66.9 Å². The molecule has 0 aliphatic carbocycles. The Morgan fingerprint density at radius 2 is 1.80 bits per heavy atom. The molecule has 1 aromatic heterocycles. The Kier molecular flexibility index (Phi) is 7.07. The summed E-state index contributed by atoms with van der Waals surface area (Å²) in [5.41, 5.74) is 7.01. The molecule has 0 aliphatic heterocycles. The van der Waals surface area contributed by atoms with Crippen molar-refractivity contribution in [2.75, 3.05) is 7.11 Å². The number of aromatic nitrogens is 1. The minimum absolute atomic E-state index is 0.0289. The fraction of sp³-hybridized carbons (Fsp3) is 0.105. The van der Waals surface area contributed by atoms with E-state index in [9.17, 15) is 4.79 Å². The molecule has 11 heteroatoms. The largest absolute Gasteiger partial charge is 0.494 e. The lowest BCUT2D eigenvalue weighted by molar-refractivity contribution is 0.0515. The zero-order valence-corrected chi connectivity index (χ0v) is 20.2. The van der Waals surface area contributed by atoms with Gasteiger partial charge in [-0.05, 0) is 63.0 Å². The van der Waals surface area contributed by atoms with Gasteiger partial charge in [-0.1, -0.05) is 39.6 Å². The van der Waals surface area contributed by atoms with Crippen molar-refractivity contribution in [3.63, 3.8) is 0 Å². The molecule has 3 rings (SSSR count). The number of nitrogens with two attached hydrogens (primary N) is 1. The van der Waals surface area contributed by atoms with Crippen molar-refractivity contribution in [1.29, 1.82) is 0 Å². The second-order valence-electron chi connectivity index (χ2n) is 5.89. The molecule has 2 aromatic carbocycles. The van der Waals surface area contributed by atoms with E-state index in [2.05, 4.69) is 42.2 Å². The number of carbonyl (C=O) groups is 1. The second-order valence-corrected chi connectivity index (χ2v) is 8.41. The van der Waals surface area contributed by atoms with Gasteiger partial charge < -0.3 is 19.8 Å². The van der Waals surface area contributed by atoms with Crippen LogP contribution in [0.15, 0.2) is 49.0 Å². The van der Waals surface area contributed by atoms with E-state index in [1.807, 2.05) is 0 Å². The van der Waals surface area contributed by atoms with E-state index in [0.29, 0.717) is 35.9 Å². The van der Waals surface area contributed by atoms with Gasteiger partial charge in [-0.3, -0.25) is 0 Å². The smallest absolute Gasteiger partial charge is 0.371 e. The molecule has 7 nitrogen and oxygen atoms in total.